The summed E-state index contributed by atoms with van der Waals surface area (Å²) in [5.74, 6) is 0.167. The summed E-state index contributed by atoms with van der Waals surface area (Å²) in [6.45, 7) is 19.3. The van der Waals surface area contributed by atoms with Crippen LogP contribution in [0.4, 0.5) is 5.69 Å². The predicted molar refractivity (Wildman–Crippen MR) is 88.7 cm³/mol. The zero-order chi connectivity index (χ0) is 16.5. The van der Waals surface area contributed by atoms with Gasteiger partial charge in [0.15, 0.2) is 0 Å². The van der Waals surface area contributed by atoms with Crippen LogP contribution in [0.3, 0.4) is 0 Å². The van der Waals surface area contributed by atoms with E-state index in [2.05, 4.69) is 39.5 Å². The number of benzene rings is 1. The molecule has 0 aliphatic heterocycles. The second-order valence-corrected chi connectivity index (χ2v) is 6.55. The van der Waals surface area contributed by atoms with E-state index in [9.17, 15) is 4.91 Å². The van der Waals surface area contributed by atoms with E-state index in [1.807, 2.05) is 32.9 Å². The molecule has 0 bridgehead atoms. The quantitative estimate of drug-likeness (QED) is 0.495. The van der Waals surface area contributed by atoms with Crippen LogP contribution >= 0.6 is 0 Å². The molecule has 0 aromatic heterocycles. The number of aryl methyl sites for hydroxylation is 3. The highest BCUT2D eigenvalue weighted by atomic mass is 16.3. The maximum absolute atomic E-state index is 10.2. The van der Waals surface area contributed by atoms with Crippen molar-refractivity contribution in [2.45, 2.75) is 55.4 Å². The predicted octanol–water partition coefficient (Wildman–Crippen LogP) is 6.14. The highest BCUT2D eigenvalue weighted by molar-refractivity contribution is 5.50. The van der Waals surface area contributed by atoms with Gasteiger partial charge < -0.3 is 5.11 Å². The van der Waals surface area contributed by atoms with Gasteiger partial charge in [-0.3, -0.25) is 0 Å². The van der Waals surface area contributed by atoms with Crippen LogP contribution in [0, 0.1) is 31.1 Å². The molecule has 114 valence electrons. The van der Waals surface area contributed by atoms with Crippen LogP contribution in [-0.4, -0.2) is 5.11 Å². The summed E-state index contributed by atoms with van der Waals surface area (Å²) in [6, 6.07) is 3.80. The van der Waals surface area contributed by atoms with Gasteiger partial charge in [0.25, 0.3) is 0 Å². The number of aliphatic hydroxyl groups excluding tert-OH is 1. The van der Waals surface area contributed by atoms with Crippen molar-refractivity contribution in [1.82, 2.24) is 0 Å². The molecular formula is C17H29NO2. The maximum Gasteiger partial charge on any atom is 0.111 e. The van der Waals surface area contributed by atoms with Crippen molar-refractivity contribution >= 4 is 5.69 Å². The summed E-state index contributed by atoms with van der Waals surface area (Å²) in [5.41, 5.74) is 4.32. The van der Waals surface area contributed by atoms with E-state index >= 15 is 0 Å². The number of aliphatic hydroxyl groups is 1. The number of hydrogen-bond donors (Lipinski definition) is 1. The molecule has 0 amide bonds. The van der Waals surface area contributed by atoms with Crippen molar-refractivity contribution in [3.8, 4) is 0 Å². The van der Waals surface area contributed by atoms with Crippen molar-refractivity contribution in [3.05, 3.63) is 46.1 Å². The van der Waals surface area contributed by atoms with Crippen LogP contribution in [0.2, 0.25) is 0 Å². The lowest BCUT2D eigenvalue weighted by molar-refractivity contribution is 0.417. The van der Waals surface area contributed by atoms with Gasteiger partial charge in [-0.05, 0) is 61.0 Å². The van der Waals surface area contributed by atoms with Crippen molar-refractivity contribution in [3.63, 3.8) is 0 Å². The second kappa shape index (κ2) is 9.29. The summed E-state index contributed by atoms with van der Waals surface area (Å²) in [7, 11) is 0. The second-order valence-electron chi connectivity index (χ2n) is 6.55. The normalized spacial score (nSPS) is 9.60. The van der Waals surface area contributed by atoms with Gasteiger partial charge in [0.05, 0.1) is 5.76 Å². The smallest absolute Gasteiger partial charge is 0.111 e. The Morgan fingerprint density at radius 3 is 1.65 bits per heavy atom. The monoisotopic (exact) mass is 279 g/mol. The zero-order valence-electron chi connectivity index (χ0n) is 14.2. The molecule has 0 aliphatic rings. The molecule has 0 saturated heterocycles. The molecule has 0 unspecified atom stereocenters. The van der Waals surface area contributed by atoms with E-state index in [1.54, 1.807) is 0 Å². The van der Waals surface area contributed by atoms with Gasteiger partial charge in [-0.25, -0.2) is 0 Å². The molecule has 3 heteroatoms. The SMILES string of the molecule is C=C(C)O.CC(C)(C)C.Cc1cc(C)c(N=O)cc1C. The van der Waals surface area contributed by atoms with Crippen LogP contribution in [0.15, 0.2) is 29.6 Å². The molecule has 0 heterocycles. The molecule has 0 radical (unpaired) electrons. The van der Waals surface area contributed by atoms with Crippen LogP contribution in [0.5, 0.6) is 0 Å². The Hall–Kier alpha value is -1.64. The van der Waals surface area contributed by atoms with E-state index in [-0.39, 0.29) is 5.76 Å². The highest BCUT2D eigenvalue weighted by Crippen LogP contribution is 2.21. The number of rotatable bonds is 1. The zero-order valence-corrected chi connectivity index (χ0v) is 14.2. The van der Waals surface area contributed by atoms with Gasteiger partial charge in [-0.15, -0.1) is 4.91 Å². The molecule has 20 heavy (non-hydrogen) atoms. The van der Waals surface area contributed by atoms with Crippen molar-refractivity contribution in [2.24, 2.45) is 10.6 Å². The Kier molecular flexibility index (Phi) is 9.61. The Labute approximate surface area is 123 Å². The molecule has 0 spiro atoms. The minimum absolute atomic E-state index is 0.167. The molecule has 0 aliphatic carbocycles. The first-order valence-corrected chi connectivity index (χ1v) is 6.64. The van der Waals surface area contributed by atoms with E-state index in [1.165, 1.54) is 12.5 Å². The van der Waals surface area contributed by atoms with Gasteiger partial charge in [-0.2, -0.15) is 0 Å². The molecule has 1 N–H and O–H groups in total. The maximum atomic E-state index is 10.2. The number of nitroso groups, excluding NO2 is 1. The molecule has 0 atom stereocenters. The largest absolute Gasteiger partial charge is 0.513 e. The molecular weight excluding hydrogens is 250 g/mol. The Morgan fingerprint density at radius 2 is 1.35 bits per heavy atom. The molecule has 1 aromatic rings. The summed E-state index contributed by atoms with van der Waals surface area (Å²) in [6.07, 6.45) is 0. The highest BCUT2D eigenvalue weighted by Gasteiger charge is 2.00. The average molecular weight is 279 g/mol. The van der Waals surface area contributed by atoms with Crippen LogP contribution in [0.25, 0.3) is 0 Å². The van der Waals surface area contributed by atoms with E-state index in [0.717, 1.165) is 11.1 Å². The lowest BCUT2D eigenvalue weighted by Gasteiger charge is -2.05. The van der Waals surface area contributed by atoms with Crippen LogP contribution in [0.1, 0.15) is 51.3 Å². The molecule has 1 aromatic carbocycles. The minimum Gasteiger partial charge on any atom is -0.513 e. The minimum atomic E-state index is 0.167. The van der Waals surface area contributed by atoms with Crippen molar-refractivity contribution in [1.29, 1.82) is 0 Å². The lowest BCUT2D eigenvalue weighted by atomic mass is 10.0. The van der Waals surface area contributed by atoms with E-state index < -0.39 is 0 Å². The lowest BCUT2D eigenvalue weighted by Crippen LogP contribution is -1.93. The van der Waals surface area contributed by atoms with Crippen LogP contribution in [-0.2, 0) is 0 Å². The Balaban J connectivity index is 0. The number of nitrogens with zero attached hydrogens (tertiary/aromatic N) is 1. The van der Waals surface area contributed by atoms with Gasteiger partial charge in [-0.1, -0.05) is 40.3 Å². The Bertz CT molecular complexity index is 433. The molecule has 0 saturated carbocycles. The molecule has 1 rings (SSSR count). The fourth-order valence-corrected chi connectivity index (χ4v) is 1.04. The topological polar surface area (TPSA) is 49.7 Å². The average Bonchev–Trinajstić information content (AvgIpc) is 2.20. The van der Waals surface area contributed by atoms with Crippen molar-refractivity contribution in [2.75, 3.05) is 0 Å². The summed E-state index contributed by atoms with van der Waals surface area (Å²) >= 11 is 0. The summed E-state index contributed by atoms with van der Waals surface area (Å²) in [4.78, 5) is 10.2. The fraction of sp³-hybridized carbons (Fsp3) is 0.529. The van der Waals surface area contributed by atoms with Gasteiger partial charge in [0, 0.05) is 0 Å². The first kappa shape index (κ1) is 20.7. The van der Waals surface area contributed by atoms with Gasteiger partial charge in [0.1, 0.15) is 5.69 Å². The standard InChI is InChI=1S/C9H11NO.C5H12.C3H6O/c1-6-4-8(3)9(10-11)5-7(6)2;1-5(2,3)4;1-3(2)4/h4-5H,1-3H3;1-4H3;4H,1H2,2H3. The summed E-state index contributed by atoms with van der Waals surface area (Å²) < 4.78 is 0. The van der Waals surface area contributed by atoms with Crippen LogP contribution < -0.4 is 0 Å². The Morgan fingerprint density at radius 1 is 1.05 bits per heavy atom. The van der Waals surface area contributed by atoms with Gasteiger partial charge >= 0.3 is 0 Å². The van der Waals surface area contributed by atoms with E-state index in [4.69, 9.17) is 5.11 Å². The van der Waals surface area contributed by atoms with Crippen molar-refractivity contribution < 1.29 is 5.11 Å². The third-order valence-electron chi connectivity index (χ3n) is 1.91. The molecule has 3 nitrogen and oxygen atoms in total. The first-order valence-electron chi connectivity index (χ1n) is 6.64. The number of allylic oxidation sites excluding steroid dienone is 1. The third kappa shape index (κ3) is 14.4. The summed E-state index contributed by atoms with van der Waals surface area (Å²) in [5, 5.41) is 10.8. The van der Waals surface area contributed by atoms with Gasteiger partial charge in [0.2, 0.25) is 0 Å². The van der Waals surface area contributed by atoms with E-state index in [0.29, 0.717) is 11.1 Å². The first-order chi connectivity index (χ1) is 8.88. The molecule has 0 fully saturated rings. The fourth-order valence-electron chi connectivity index (χ4n) is 1.04. The third-order valence-corrected chi connectivity index (χ3v) is 1.91. The number of hydrogen-bond acceptors (Lipinski definition) is 3.